The Morgan fingerprint density at radius 2 is 2.39 bits per heavy atom. The molecule has 94 valence electrons. The molecule has 1 heterocycles. The van der Waals surface area contributed by atoms with Gasteiger partial charge in [0.15, 0.2) is 11.6 Å². The van der Waals surface area contributed by atoms with Gasteiger partial charge in [0, 0.05) is 24.4 Å². The first-order valence-corrected chi connectivity index (χ1v) is 5.42. The second-order valence-corrected chi connectivity index (χ2v) is 4.10. The van der Waals surface area contributed by atoms with Gasteiger partial charge in [-0.1, -0.05) is 11.2 Å². The molecule has 6 nitrogen and oxygen atoms in total. The highest BCUT2D eigenvalue weighted by Gasteiger charge is 2.31. The first-order chi connectivity index (χ1) is 8.63. The number of halogens is 1. The molecule has 2 rings (SSSR count). The largest absolute Gasteiger partial charge is 0.503 e. The van der Waals surface area contributed by atoms with Crippen LogP contribution in [0.2, 0.25) is 0 Å². The lowest BCUT2D eigenvalue weighted by Gasteiger charge is -2.17. The molecule has 1 aromatic rings. The number of phenols is 1. The zero-order chi connectivity index (χ0) is 13.1. The molecule has 1 fully saturated rings. The molecular formula is C11H11FN4O2. The summed E-state index contributed by atoms with van der Waals surface area (Å²) >= 11 is 0. The number of amides is 1. The second-order valence-electron chi connectivity index (χ2n) is 4.10. The van der Waals surface area contributed by atoms with E-state index >= 15 is 0 Å². The van der Waals surface area contributed by atoms with E-state index in [4.69, 9.17) is 5.53 Å². The third-order valence-electron chi connectivity index (χ3n) is 2.86. The van der Waals surface area contributed by atoms with E-state index in [1.165, 1.54) is 17.0 Å². The van der Waals surface area contributed by atoms with Crippen molar-refractivity contribution in [3.8, 4) is 5.75 Å². The van der Waals surface area contributed by atoms with E-state index < -0.39 is 11.6 Å². The van der Waals surface area contributed by atoms with Gasteiger partial charge in [-0.05, 0) is 23.6 Å². The van der Waals surface area contributed by atoms with E-state index in [0.29, 0.717) is 6.54 Å². The van der Waals surface area contributed by atoms with E-state index in [-0.39, 0.29) is 30.5 Å². The molecule has 0 bridgehead atoms. The van der Waals surface area contributed by atoms with Crippen LogP contribution in [0.4, 0.5) is 10.1 Å². The number of hydrogen-bond donors (Lipinski definition) is 1. The first-order valence-electron chi connectivity index (χ1n) is 5.42. The van der Waals surface area contributed by atoms with Crippen molar-refractivity contribution in [2.24, 2.45) is 11.0 Å². The minimum Gasteiger partial charge on any atom is -0.503 e. The van der Waals surface area contributed by atoms with E-state index in [1.54, 1.807) is 0 Å². The van der Waals surface area contributed by atoms with Crippen LogP contribution in [0.25, 0.3) is 10.4 Å². The van der Waals surface area contributed by atoms with E-state index in [9.17, 15) is 14.3 Å². The summed E-state index contributed by atoms with van der Waals surface area (Å²) in [6, 6.07) is 4.03. The molecule has 1 saturated heterocycles. The summed E-state index contributed by atoms with van der Waals surface area (Å²) in [4.78, 5) is 15.7. The third-order valence-corrected chi connectivity index (χ3v) is 2.86. The Hall–Kier alpha value is -2.27. The highest BCUT2D eigenvalue weighted by atomic mass is 19.1. The summed E-state index contributed by atoms with van der Waals surface area (Å²) in [5.74, 6) is -1.61. The van der Waals surface area contributed by atoms with E-state index in [0.717, 1.165) is 6.07 Å². The molecule has 1 aromatic carbocycles. The van der Waals surface area contributed by atoms with E-state index in [2.05, 4.69) is 10.0 Å². The Kier molecular flexibility index (Phi) is 3.34. The molecule has 1 atom stereocenters. The van der Waals surface area contributed by atoms with Crippen LogP contribution in [0.5, 0.6) is 5.75 Å². The van der Waals surface area contributed by atoms with Crippen molar-refractivity contribution in [2.75, 3.05) is 18.0 Å². The van der Waals surface area contributed by atoms with Gasteiger partial charge in [0.25, 0.3) is 0 Å². The maximum absolute atomic E-state index is 13.2. The number of phenolic OH excluding ortho intramolecular Hbond substituents is 1. The van der Waals surface area contributed by atoms with Crippen LogP contribution in [-0.4, -0.2) is 24.1 Å². The quantitative estimate of drug-likeness (QED) is 0.506. The minimum atomic E-state index is -0.765. The molecule has 18 heavy (non-hydrogen) atoms. The van der Waals surface area contributed by atoms with Crippen LogP contribution in [0.15, 0.2) is 23.3 Å². The molecule has 1 amide bonds. The number of rotatable bonds is 3. The number of anilines is 1. The van der Waals surface area contributed by atoms with Crippen molar-refractivity contribution in [3.63, 3.8) is 0 Å². The standard InChI is InChI=1S/C11H11FN4O2/c12-8-2-1-3-9(11(8)18)16-6-7(4-10(16)17)5-14-15-13/h1-3,7,18H,4-6H2. The van der Waals surface area contributed by atoms with Gasteiger partial charge in [0.1, 0.15) is 0 Å². The number of nitrogens with zero attached hydrogens (tertiary/aromatic N) is 4. The summed E-state index contributed by atoms with van der Waals surface area (Å²) in [5, 5.41) is 13.0. The lowest BCUT2D eigenvalue weighted by atomic mass is 10.1. The minimum absolute atomic E-state index is 0.101. The van der Waals surface area contributed by atoms with Crippen molar-refractivity contribution >= 4 is 11.6 Å². The SMILES string of the molecule is [N-]=[N+]=NCC1CC(=O)N(c2cccc(F)c2O)C1. The third kappa shape index (κ3) is 2.21. The van der Waals surface area contributed by atoms with Crippen LogP contribution in [0, 0.1) is 11.7 Å². The molecule has 0 saturated carbocycles. The van der Waals surface area contributed by atoms with Crippen molar-refractivity contribution in [1.82, 2.24) is 0 Å². The number of para-hydroxylation sites is 1. The van der Waals surface area contributed by atoms with Gasteiger partial charge >= 0.3 is 0 Å². The Bertz CT molecular complexity index is 528. The summed E-state index contributed by atoms with van der Waals surface area (Å²) in [5.41, 5.74) is 8.38. The molecule has 0 aliphatic carbocycles. The Morgan fingerprint density at radius 1 is 1.61 bits per heavy atom. The van der Waals surface area contributed by atoms with Crippen LogP contribution in [0.3, 0.4) is 0 Å². The lowest BCUT2D eigenvalue weighted by molar-refractivity contribution is -0.117. The lowest BCUT2D eigenvalue weighted by Crippen LogP contribution is -2.25. The number of benzene rings is 1. The van der Waals surface area contributed by atoms with Gasteiger partial charge in [0.2, 0.25) is 5.91 Å². The fourth-order valence-corrected chi connectivity index (χ4v) is 2.01. The maximum atomic E-state index is 13.2. The van der Waals surface area contributed by atoms with Crippen LogP contribution in [0.1, 0.15) is 6.42 Å². The van der Waals surface area contributed by atoms with Gasteiger partial charge in [-0.25, -0.2) is 4.39 Å². The van der Waals surface area contributed by atoms with E-state index in [1.807, 2.05) is 0 Å². The topological polar surface area (TPSA) is 89.3 Å². The molecule has 1 aliphatic rings. The molecule has 1 aliphatic heterocycles. The van der Waals surface area contributed by atoms with Crippen LogP contribution < -0.4 is 4.90 Å². The van der Waals surface area contributed by atoms with Gasteiger partial charge in [-0.3, -0.25) is 4.79 Å². The van der Waals surface area contributed by atoms with Crippen molar-refractivity contribution in [3.05, 3.63) is 34.5 Å². The molecule has 7 heteroatoms. The summed E-state index contributed by atoms with van der Waals surface area (Å²) in [6.07, 6.45) is 0.231. The van der Waals surface area contributed by atoms with Gasteiger partial charge < -0.3 is 10.0 Å². The van der Waals surface area contributed by atoms with Crippen molar-refractivity contribution in [2.45, 2.75) is 6.42 Å². The number of carbonyl (C=O) groups is 1. The predicted octanol–water partition coefficient (Wildman–Crippen LogP) is 2.19. The Morgan fingerprint density at radius 3 is 3.11 bits per heavy atom. The van der Waals surface area contributed by atoms with Crippen molar-refractivity contribution in [1.29, 1.82) is 0 Å². The molecule has 0 spiro atoms. The number of carbonyl (C=O) groups excluding carboxylic acids is 1. The average Bonchev–Trinajstić information content (AvgIpc) is 2.71. The number of hydrogen-bond acceptors (Lipinski definition) is 3. The van der Waals surface area contributed by atoms with Crippen LogP contribution in [-0.2, 0) is 4.79 Å². The first kappa shape index (κ1) is 12.2. The molecule has 0 aromatic heterocycles. The van der Waals surface area contributed by atoms with Gasteiger partial charge in [-0.2, -0.15) is 0 Å². The predicted molar refractivity (Wildman–Crippen MR) is 62.5 cm³/mol. The van der Waals surface area contributed by atoms with Gasteiger partial charge in [-0.15, -0.1) is 0 Å². The summed E-state index contributed by atoms with van der Waals surface area (Å²) < 4.78 is 13.2. The zero-order valence-corrected chi connectivity index (χ0v) is 9.45. The Labute approximate surface area is 102 Å². The second kappa shape index (κ2) is 4.93. The fraction of sp³-hybridized carbons (Fsp3) is 0.364. The highest BCUT2D eigenvalue weighted by Crippen LogP contribution is 2.33. The van der Waals surface area contributed by atoms with Crippen molar-refractivity contribution < 1.29 is 14.3 Å². The molecule has 1 unspecified atom stereocenters. The smallest absolute Gasteiger partial charge is 0.227 e. The van der Waals surface area contributed by atoms with Gasteiger partial charge in [0.05, 0.1) is 5.69 Å². The molecule has 1 N–H and O–H groups in total. The summed E-state index contributed by atoms with van der Waals surface area (Å²) in [7, 11) is 0. The normalized spacial score (nSPS) is 18.8. The Balaban J connectivity index is 2.21. The zero-order valence-electron chi connectivity index (χ0n) is 9.45. The maximum Gasteiger partial charge on any atom is 0.227 e. The number of aromatic hydroxyl groups is 1. The van der Waals surface area contributed by atoms with Crippen LogP contribution >= 0.6 is 0 Å². The summed E-state index contributed by atoms with van der Waals surface area (Å²) in [6.45, 7) is 0.531. The monoisotopic (exact) mass is 250 g/mol. The molecule has 0 radical (unpaired) electrons. The highest BCUT2D eigenvalue weighted by molar-refractivity contribution is 5.97. The fourth-order valence-electron chi connectivity index (χ4n) is 2.01. The molecular weight excluding hydrogens is 239 g/mol. The number of azide groups is 1. The average molecular weight is 250 g/mol.